The van der Waals surface area contributed by atoms with Gasteiger partial charge in [-0.1, -0.05) is 36.9 Å². The smallest absolute Gasteiger partial charge is 0.170 e. The number of aromatic nitrogens is 2. The van der Waals surface area contributed by atoms with Crippen molar-refractivity contribution in [3.05, 3.63) is 55.1 Å². The maximum Gasteiger partial charge on any atom is 0.170 e. The zero-order chi connectivity index (χ0) is 12.3. The minimum Gasteiger partial charge on any atom is -0.288 e. The van der Waals surface area contributed by atoms with Crippen LogP contribution >= 0.6 is 12.6 Å². The number of hydrogen-bond donors (Lipinski definition) is 1. The molecule has 0 saturated carbocycles. The van der Waals surface area contributed by atoms with Crippen LogP contribution in [0.1, 0.15) is 6.92 Å². The fourth-order valence-electron chi connectivity index (χ4n) is 1.73. The summed E-state index contributed by atoms with van der Waals surface area (Å²) in [5.41, 5.74) is 3.03. The molecule has 0 spiro atoms. The lowest BCUT2D eigenvalue weighted by atomic mass is 10.3. The van der Waals surface area contributed by atoms with Crippen molar-refractivity contribution in [2.24, 2.45) is 0 Å². The Balaban J connectivity index is 2.65. The summed E-state index contributed by atoms with van der Waals surface area (Å²) in [4.78, 5) is 4.42. The molecule has 0 bridgehead atoms. The third-order valence-corrected chi connectivity index (χ3v) is 2.80. The van der Waals surface area contributed by atoms with Gasteiger partial charge in [-0.25, -0.2) is 4.98 Å². The number of rotatable bonds is 3. The summed E-state index contributed by atoms with van der Waals surface area (Å²) in [5.74, 6) is 0. The normalized spacial score (nSPS) is 12.5. The molecule has 0 saturated heterocycles. The van der Waals surface area contributed by atoms with E-state index in [9.17, 15) is 0 Å². The Labute approximate surface area is 106 Å². The van der Waals surface area contributed by atoms with Crippen molar-refractivity contribution in [2.45, 2.75) is 12.1 Å². The second-order valence-corrected chi connectivity index (χ2v) is 3.94. The quantitative estimate of drug-likeness (QED) is 0.638. The van der Waals surface area contributed by atoms with Crippen LogP contribution in [0, 0.1) is 0 Å². The van der Waals surface area contributed by atoms with Gasteiger partial charge in [0, 0.05) is 5.70 Å². The first kappa shape index (κ1) is 11.7. The molecule has 0 aliphatic heterocycles. The molecule has 2 rings (SSSR count). The molecule has 86 valence electrons. The molecule has 3 heteroatoms. The van der Waals surface area contributed by atoms with E-state index in [4.69, 9.17) is 0 Å². The summed E-state index contributed by atoms with van der Waals surface area (Å²) in [6, 6.07) is 7.99. The van der Waals surface area contributed by atoms with E-state index in [1.54, 1.807) is 6.08 Å². The molecular weight excluding hydrogens is 228 g/mol. The standard InChI is InChI=1S/C14H14N2S/c1-3-5-8-11(4-2)16-13-10-7-6-9-12(13)15-14(16)17/h3-10H,1H2,2H3,(H,15,17)/b8-5-,11-4+. The topological polar surface area (TPSA) is 17.8 Å². The summed E-state index contributed by atoms with van der Waals surface area (Å²) >= 11 is 4.42. The zero-order valence-corrected chi connectivity index (χ0v) is 10.6. The molecule has 17 heavy (non-hydrogen) atoms. The third kappa shape index (κ3) is 2.19. The van der Waals surface area contributed by atoms with Crippen LogP contribution in [0.4, 0.5) is 0 Å². The average Bonchev–Trinajstić information content (AvgIpc) is 2.67. The lowest BCUT2D eigenvalue weighted by Crippen LogP contribution is -1.94. The van der Waals surface area contributed by atoms with Crippen molar-refractivity contribution in [1.29, 1.82) is 0 Å². The van der Waals surface area contributed by atoms with E-state index in [-0.39, 0.29) is 0 Å². The lowest BCUT2D eigenvalue weighted by molar-refractivity contribution is 0.951. The molecule has 0 fully saturated rings. The highest BCUT2D eigenvalue weighted by atomic mass is 32.1. The van der Waals surface area contributed by atoms with Crippen LogP contribution in [0.3, 0.4) is 0 Å². The minimum atomic E-state index is 0.688. The second-order valence-electron chi connectivity index (χ2n) is 3.54. The first-order chi connectivity index (χ1) is 8.27. The molecule has 0 radical (unpaired) electrons. The van der Waals surface area contributed by atoms with E-state index in [2.05, 4.69) is 24.2 Å². The fourth-order valence-corrected chi connectivity index (χ4v) is 2.07. The predicted octanol–water partition coefficient (Wildman–Crippen LogP) is 3.93. The lowest BCUT2D eigenvalue weighted by Gasteiger charge is -2.06. The van der Waals surface area contributed by atoms with E-state index >= 15 is 0 Å². The van der Waals surface area contributed by atoms with Gasteiger partial charge in [0.25, 0.3) is 0 Å². The van der Waals surface area contributed by atoms with E-state index < -0.39 is 0 Å². The summed E-state index contributed by atoms with van der Waals surface area (Å²) < 4.78 is 2.01. The highest BCUT2D eigenvalue weighted by Gasteiger charge is 2.08. The highest BCUT2D eigenvalue weighted by molar-refractivity contribution is 7.80. The molecule has 0 unspecified atom stereocenters. The van der Waals surface area contributed by atoms with E-state index in [1.807, 2.05) is 54.0 Å². The number of para-hydroxylation sites is 2. The van der Waals surface area contributed by atoms with Gasteiger partial charge in [0.15, 0.2) is 5.16 Å². The highest BCUT2D eigenvalue weighted by Crippen LogP contribution is 2.23. The summed E-state index contributed by atoms with van der Waals surface area (Å²) in [6.07, 6.45) is 7.66. The van der Waals surface area contributed by atoms with Crippen LogP contribution in [0.15, 0.2) is 60.3 Å². The number of thiol groups is 1. The zero-order valence-electron chi connectivity index (χ0n) is 9.67. The Morgan fingerprint density at radius 1 is 1.41 bits per heavy atom. The molecule has 0 N–H and O–H groups in total. The van der Waals surface area contributed by atoms with Crippen LogP contribution in [0.25, 0.3) is 16.7 Å². The van der Waals surface area contributed by atoms with Crippen molar-refractivity contribution in [3.8, 4) is 0 Å². The maximum atomic E-state index is 4.42. The van der Waals surface area contributed by atoms with E-state index in [0.29, 0.717) is 5.16 Å². The Morgan fingerprint density at radius 2 is 2.18 bits per heavy atom. The Bertz CT molecular complexity index is 606. The second kappa shape index (κ2) is 5.06. The van der Waals surface area contributed by atoms with Gasteiger partial charge in [0.05, 0.1) is 11.0 Å². The van der Waals surface area contributed by atoms with Gasteiger partial charge in [-0.05, 0) is 25.1 Å². The molecule has 1 aromatic heterocycles. The van der Waals surface area contributed by atoms with Crippen LogP contribution < -0.4 is 0 Å². The fraction of sp³-hybridized carbons (Fsp3) is 0.0714. The third-order valence-electron chi connectivity index (χ3n) is 2.50. The number of benzene rings is 1. The van der Waals surface area contributed by atoms with Gasteiger partial charge in [0.2, 0.25) is 0 Å². The number of allylic oxidation sites excluding steroid dienone is 5. The van der Waals surface area contributed by atoms with Crippen LogP contribution in [0.2, 0.25) is 0 Å². The number of fused-ring (bicyclic) bond motifs is 1. The number of imidazole rings is 1. The molecule has 2 aromatic rings. The van der Waals surface area contributed by atoms with Crippen LogP contribution in [-0.2, 0) is 0 Å². The molecule has 1 heterocycles. The number of nitrogens with zero attached hydrogens (tertiary/aromatic N) is 2. The Kier molecular flexibility index (Phi) is 3.49. The van der Waals surface area contributed by atoms with Gasteiger partial charge in [0.1, 0.15) is 0 Å². The average molecular weight is 242 g/mol. The van der Waals surface area contributed by atoms with Gasteiger partial charge < -0.3 is 0 Å². The Morgan fingerprint density at radius 3 is 2.88 bits per heavy atom. The summed E-state index contributed by atoms with van der Waals surface area (Å²) in [7, 11) is 0. The van der Waals surface area contributed by atoms with Crippen molar-refractivity contribution in [3.63, 3.8) is 0 Å². The molecule has 0 aliphatic carbocycles. The Hall–Kier alpha value is -1.74. The number of hydrogen-bond acceptors (Lipinski definition) is 2. The van der Waals surface area contributed by atoms with Gasteiger partial charge in [-0.15, -0.1) is 12.6 Å². The molecule has 2 nitrogen and oxygen atoms in total. The summed E-state index contributed by atoms with van der Waals surface area (Å²) in [5, 5.41) is 0.688. The predicted molar refractivity (Wildman–Crippen MR) is 76.3 cm³/mol. The largest absolute Gasteiger partial charge is 0.288 e. The molecule has 0 atom stereocenters. The molecule has 0 aliphatic rings. The SMILES string of the molecule is C=C/C=C\C(=C/C)n1c(S)nc2ccccc21. The first-order valence-corrected chi connectivity index (χ1v) is 5.85. The van der Waals surface area contributed by atoms with Gasteiger partial charge >= 0.3 is 0 Å². The van der Waals surface area contributed by atoms with E-state index in [1.165, 1.54) is 0 Å². The van der Waals surface area contributed by atoms with Gasteiger partial charge in [-0.3, -0.25) is 4.57 Å². The van der Waals surface area contributed by atoms with Crippen LogP contribution in [-0.4, -0.2) is 9.55 Å². The maximum absolute atomic E-state index is 4.42. The van der Waals surface area contributed by atoms with Crippen molar-refractivity contribution >= 4 is 29.4 Å². The molecular formula is C14H14N2S. The summed E-state index contributed by atoms with van der Waals surface area (Å²) in [6.45, 7) is 5.67. The van der Waals surface area contributed by atoms with Crippen molar-refractivity contribution in [2.75, 3.05) is 0 Å². The monoisotopic (exact) mass is 242 g/mol. The van der Waals surface area contributed by atoms with Crippen LogP contribution in [0.5, 0.6) is 0 Å². The van der Waals surface area contributed by atoms with Crippen molar-refractivity contribution in [1.82, 2.24) is 9.55 Å². The molecule has 0 amide bonds. The van der Waals surface area contributed by atoms with Gasteiger partial charge in [-0.2, -0.15) is 0 Å². The van der Waals surface area contributed by atoms with E-state index in [0.717, 1.165) is 16.7 Å². The molecule has 1 aromatic carbocycles. The minimum absolute atomic E-state index is 0.688. The first-order valence-electron chi connectivity index (χ1n) is 5.40. The van der Waals surface area contributed by atoms with Crippen molar-refractivity contribution < 1.29 is 0 Å².